The van der Waals surface area contributed by atoms with Crippen molar-refractivity contribution in [2.45, 2.75) is 0 Å². The fourth-order valence-electron chi connectivity index (χ4n) is 2.18. The quantitative estimate of drug-likeness (QED) is 0.739. The Hall–Kier alpha value is -1.85. The van der Waals surface area contributed by atoms with Gasteiger partial charge in [-0.2, -0.15) is 0 Å². The van der Waals surface area contributed by atoms with Crippen molar-refractivity contribution < 1.29 is 4.79 Å². The third-order valence-corrected chi connectivity index (χ3v) is 3.91. The molecule has 1 amide bonds. The van der Waals surface area contributed by atoms with Crippen LogP contribution in [-0.4, -0.2) is 15.5 Å². The van der Waals surface area contributed by atoms with E-state index in [-0.39, 0.29) is 5.91 Å². The van der Waals surface area contributed by atoms with E-state index in [0.29, 0.717) is 21.9 Å². The Morgan fingerprint density at radius 1 is 1.38 bits per heavy atom. The lowest BCUT2D eigenvalue weighted by Crippen LogP contribution is -2.15. The van der Waals surface area contributed by atoms with Crippen molar-refractivity contribution in [1.82, 2.24) is 9.55 Å². The first-order valence-electron chi connectivity index (χ1n) is 6.22. The molecule has 0 aliphatic heterocycles. The van der Waals surface area contributed by atoms with Crippen molar-refractivity contribution in [3.8, 4) is 0 Å². The number of nitrogens with one attached hydrogen (secondary N) is 1. The molecule has 1 aromatic carbocycles. The number of carbonyl (C=O) groups excluding carboxylic acids is 1. The first kappa shape index (κ1) is 14.1. The van der Waals surface area contributed by atoms with E-state index in [2.05, 4.69) is 26.2 Å². The van der Waals surface area contributed by atoms with Crippen LogP contribution >= 0.6 is 27.5 Å². The van der Waals surface area contributed by atoms with E-state index in [1.807, 2.05) is 25.4 Å². The smallest absolute Gasteiger partial charge is 0.272 e. The third kappa shape index (κ3) is 2.66. The summed E-state index contributed by atoms with van der Waals surface area (Å²) in [5.41, 5.74) is 1.92. The van der Waals surface area contributed by atoms with Gasteiger partial charge in [0, 0.05) is 29.3 Å². The molecule has 2 aromatic heterocycles. The molecule has 0 aliphatic rings. The van der Waals surface area contributed by atoms with E-state index in [1.54, 1.807) is 29.0 Å². The van der Waals surface area contributed by atoms with Crippen molar-refractivity contribution in [3.05, 3.63) is 57.9 Å². The Bertz CT molecular complexity index is 844. The molecule has 0 aliphatic carbocycles. The van der Waals surface area contributed by atoms with Gasteiger partial charge in [0.15, 0.2) is 0 Å². The number of anilines is 1. The van der Waals surface area contributed by atoms with Gasteiger partial charge in [-0.15, -0.1) is 0 Å². The summed E-state index contributed by atoms with van der Waals surface area (Å²) < 4.78 is 2.62. The average Bonchev–Trinajstić information content (AvgIpc) is 2.81. The van der Waals surface area contributed by atoms with Crippen LogP contribution in [0.5, 0.6) is 0 Å². The Balaban J connectivity index is 2.01. The van der Waals surface area contributed by atoms with E-state index in [0.717, 1.165) is 9.86 Å². The molecule has 0 saturated heterocycles. The molecule has 2 heterocycles. The van der Waals surface area contributed by atoms with E-state index < -0.39 is 0 Å². The summed E-state index contributed by atoms with van der Waals surface area (Å²) in [5, 5.41) is 4.28. The molecule has 6 heteroatoms. The zero-order chi connectivity index (χ0) is 15.0. The second-order valence-electron chi connectivity index (χ2n) is 4.60. The first-order valence-corrected chi connectivity index (χ1v) is 7.40. The molecule has 4 nitrogen and oxygen atoms in total. The van der Waals surface area contributed by atoms with Crippen molar-refractivity contribution in [2.24, 2.45) is 7.05 Å². The van der Waals surface area contributed by atoms with Crippen LogP contribution in [0.15, 0.2) is 47.2 Å². The molecule has 106 valence electrons. The number of hydrogen-bond donors (Lipinski definition) is 1. The molecule has 0 spiro atoms. The van der Waals surface area contributed by atoms with Gasteiger partial charge in [0.2, 0.25) is 0 Å². The maximum absolute atomic E-state index is 12.4. The Morgan fingerprint density at radius 3 is 2.90 bits per heavy atom. The van der Waals surface area contributed by atoms with Gasteiger partial charge in [0.05, 0.1) is 16.2 Å². The number of aromatic nitrogens is 2. The lowest BCUT2D eigenvalue weighted by Gasteiger charge is -2.09. The minimum absolute atomic E-state index is 0.185. The Labute approximate surface area is 134 Å². The monoisotopic (exact) mass is 363 g/mol. The summed E-state index contributed by atoms with van der Waals surface area (Å²) in [6.45, 7) is 0. The Morgan fingerprint density at radius 2 is 2.19 bits per heavy atom. The molecule has 3 aromatic rings. The predicted octanol–water partition coefficient (Wildman–Crippen LogP) is 4.24. The molecule has 0 saturated carbocycles. The third-order valence-electron chi connectivity index (χ3n) is 3.17. The van der Waals surface area contributed by atoms with E-state index >= 15 is 0 Å². The van der Waals surface area contributed by atoms with Crippen LogP contribution in [0, 0.1) is 0 Å². The highest BCUT2D eigenvalue weighted by Gasteiger charge is 2.13. The van der Waals surface area contributed by atoms with Gasteiger partial charge < -0.3 is 9.88 Å². The highest BCUT2D eigenvalue weighted by Crippen LogP contribution is 2.28. The summed E-state index contributed by atoms with van der Waals surface area (Å²) >= 11 is 9.48. The van der Waals surface area contributed by atoms with Crippen LogP contribution in [0.3, 0.4) is 0 Å². The molecule has 0 bridgehead atoms. The van der Waals surface area contributed by atoms with Crippen molar-refractivity contribution >= 4 is 50.0 Å². The first-order chi connectivity index (χ1) is 10.1. The van der Waals surface area contributed by atoms with Crippen LogP contribution < -0.4 is 5.32 Å². The van der Waals surface area contributed by atoms with E-state index in [1.165, 1.54) is 0 Å². The minimum Gasteiger partial charge on any atom is -0.345 e. The van der Waals surface area contributed by atoms with Crippen LogP contribution in [0.2, 0.25) is 5.02 Å². The summed E-state index contributed by atoms with van der Waals surface area (Å²) in [5.74, 6) is -0.185. The number of halogens is 2. The summed E-state index contributed by atoms with van der Waals surface area (Å²) in [6, 6.07) is 8.97. The molecular formula is C15H11BrClN3O. The molecule has 21 heavy (non-hydrogen) atoms. The van der Waals surface area contributed by atoms with Crippen LogP contribution in [0.4, 0.5) is 5.69 Å². The number of amides is 1. The molecule has 0 fully saturated rings. The van der Waals surface area contributed by atoms with Gasteiger partial charge in [-0.25, -0.2) is 0 Å². The molecule has 0 radical (unpaired) electrons. The number of aryl methyl sites for hydroxylation is 1. The van der Waals surface area contributed by atoms with Crippen molar-refractivity contribution in [3.63, 3.8) is 0 Å². The molecule has 0 unspecified atom stereocenters. The number of nitrogens with zero attached hydrogens (tertiary/aromatic N) is 2. The maximum Gasteiger partial charge on any atom is 0.272 e. The zero-order valence-electron chi connectivity index (χ0n) is 11.1. The van der Waals surface area contributed by atoms with Gasteiger partial charge in [0.25, 0.3) is 5.91 Å². The molecule has 1 N–H and O–H groups in total. The van der Waals surface area contributed by atoms with Crippen LogP contribution in [-0.2, 0) is 7.05 Å². The normalized spacial score (nSPS) is 10.8. The van der Waals surface area contributed by atoms with Gasteiger partial charge in [-0.1, -0.05) is 11.6 Å². The van der Waals surface area contributed by atoms with Crippen molar-refractivity contribution in [2.75, 3.05) is 5.32 Å². The summed E-state index contributed by atoms with van der Waals surface area (Å²) in [6.07, 6.45) is 3.50. The number of carbonyl (C=O) groups is 1. The number of rotatable bonds is 2. The lowest BCUT2D eigenvalue weighted by molar-refractivity contribution is 0.101. The SMILES string of the molecule is Cn1cc(Br)cc1C(=O)Nc1ccc(Cl)c2ncccc12. The van der Waals surface area contributed by atoms with E-state index in [9.17, 15) is 4.79 Å². The number of benzene rings is 1. The molecular weight excluding hydrogens is 354 g/mol. The van der Waals surface area contributed by atoms with Gasteiger partial charge in [0.1, 0.15) is 5.69 Å². The highest BCUT2D eigenvalue weighted by molar-refractivity contribution is 9.10. The summed E-state index contributed by atoms with van der Waals surface area (Å²) in [4.78, 5) is 16.6. The number of pyridine rings is 1. The highest BCUT2D eigenvalue weighted by atomic mass is 79.9. The fraction of sp³-hybridized carbons (Fsp3) is 0.0667. The van der Waals surface area contributed by atoms with Gasteiger partial charge in [-0.3, -0.25) is 9.78 Å². The van der Waals surface area contributed by atoms with E-state index in [4.69, 9.17) is 11.6 Å². The molecule has 3 rings (SSSR count). The zero-order valence-corrected chi connectivity index (χ0v) is 13.4. The molecule has 0 atom stereocenters. The average molecular weight is 365 g/mol. The van der Waals surface area contributed by atoms with Gasteiger partial charge >= 0.3 is 0 Å². The van der Waals surface area contributed by atoms with Crippen molar-refractivity contribution in [1.29, 1.82) is 0 Å². The predicted molar refractivity (Wildman–Crippen MR) is 87.8 cm³/mol. The topological polar surface area (TPSA) is 46.9 Å². The summed E-state index contributed by atoms with van der Waals surface area (Å²) in [7, 11) is 1.82. The van der Waals surface area contributed by atoms with Crippen LogP contribution in [0.25, 0.3) is 10.9 Å². The van der Waals surface area contributed by atoms with Gasteiger partial charge in [-0.05, 0) is 46.3 Å². The number of hydrogen-bond acceptors (Lipinski definition) is 2. The second-order valence-corrected chi connectivity index (χ2v) is 5.93. The maximum atomic E-state index is 12.4. The second kappa shape index (κ2) is 5.50. The minimum atomic E-state index is -0.185. The number of fused-ring (bicyclic) bond motifs is 1. The lowest BCUT2D eigenvalue weighted by atomic mass is 10.1. The van der Waals surface area contributed by atoms with Crippen LogP contribution in [0.1, 0.15) is 10.5 Å². The Kier molecular flexibility index (Phi) is 3.69. The largest absolute Gasteiger partial charge is 0.345 e. The standard InChI is InChI=1S/C15H11BrClN3O/c1-20-8-9(16)7-13(20)15(21)19-12-5-4-11(17)14-10(12)3-2-6-18-14/h2-8H,1H3,(H,19,21). The fourth-order valence-corrected chi connectivity index (χ4v) is 2.92.